The Labute approximate surface area is 113 Å². The fourth-order valence-corrected chi connectivity index (χ4v) is 3.97. The van der Waals surface area contributed by atoms with Crippen molar-refractivity contribution in [2.75, 3.05) is 13.1 Å². The number of thiophene rings is 1. The van der Waals surface area contributed by atoms with Crippen LogP contribution in [0.4, 0.5) is 0 Å². The summed E-state index contributed by atoms with van der Waals surface area (Å²) in [6, 6.07) is 4.55. The van der Waals surface area contributed by atoms with E-state index in [1.54, 1.807) is 11.3 Å². The third kappa shape index (κ3) is 2.84. The van der Waals surface area contributed by atoms with Gasteiger partial charge in [-0.3, -0.25) is 4.90 Å². The molecule has 17 heavy (non-hydrogen) atoms. The predicted molar refractivity (Wildman–Crippen MR) is 75.6 cm³/mol. The highest BCUT2D eigenvalue weighted by atomic mass is 35.5. The first-order chi connectivity index (χ1) is 7.99. The van der Waals surface area contributed by atoms with Gasteiger partial charge in [-0.1, -0.05) is 25.4 Å². The van der Waals surface area contributed by atoms with Crippen molar-refractivity contribution < 1.29 is 0 Å². The Hall–Kier alpha value is -0.0900. The van der Waals surface area contributed by atoms with E-state index in [9.17, 15) is 0 Å². The highest BCUT2D eigenvalue weighted by Gasteiger charge is 2.34. The molecule has 96 valence electrons. The maximum atomic E-state index is 6.17. The molecule has 0 radical (unpaired) electrons. The van der Waals surface area contributed by atoms with Crippen LogP contribution in [0.1, 0.15) is 31.7 Å². The van der Waals surface area contributed by atoms with Crippen LogP contribution in [0.15, 0.2) is 12.1 Å². The summed E-state index contributed by atoms with van der Waals surface area (Å²) in [5, 5.41) is 0. The normalized spacial score (nSPS) is 29.5. The van der Waals surface area contributed by atoms with Crippen LogP contribution in [-0.2, 0) is 0 Å². The predicted octanol–water partition coefficient (Wildman–Crippen LogP) is 3.38. The number of nitrogens with zero attached hydrogens (tertiary/aromatic N) is 1. The molecule has 0 amide bonds. The summed E-state index contributed by atoms with van der Waals surface area (Å²) in [6.07, 6.45) is 0. The van der Waals surface area contributed by atoms with E-state index < -0.39 is 0 Å². The molecule has 2 heterocycles. The standard InChI is InChI=1S/C13H21ClN2S/c1-8-6-16(7-9(8)2)13(10(3)15)11-4-5-12(14)17-11/h4-5,8-10,13H,6-7,15H2,1-3H3. The zero-order chi connectivity index (χ0) is 12.6. The van der Waals surface area contributed by atoms with E-state index in [0.717, 1.165) is 29.3 Å². The Balaban J connectivity index is 2.19. The zero-order valence-electron chi connectivity index (χ0n) is 10.7. The van der Waals surface area contributed by atoms with Gasteiger partial charge in [0.05, 0.1) is 10.4 Å². The maximum absolute atomic E-state index is 6.17. The molecule has 2 N–H and O–H groups in total. The fourth-order valence-electron chi connectivity index (χ4n) is 2.66. The Bertz CT molecular complexity index is 367. The van der Waals surface area contributed by atoms with Crippen LogP contribution in [0.3, 0.4) is 0 Å². The minimum absolute atomic E-state index is 0.141. The van der Waals surface area contributed by atoms with Crippen molar-refractivity contribution >= 4 is 22.9 Å². The molecule has 0 saturated carbocycles. The second-order valence-corrected chi connectivity index (χ2v) is 7.10. The number of hydrogen-bond acceptors (Lipinski definition) is 3. The molecule has 4 atom stereocenters. The molecule has 2 rings (SSSR count). The first-order valence-electron chi connectivity index (χ1n) is 6.24. The summed E-state index contributed by atoms with van der Waals surface area (Å²) in [7, 11) is 0. The van der Waals surface area contributed by atoms with Crippen LogP contribution in [0.2, 0.25) is 4.34 Å². The summed E-state index contributed by atoms with van der Waals surface area (Å²) >= 11 is 7.69. The molecule has 2 nitrogen and oxygen atoms in total. The van der Waals surface area contributed by atoms with Gasteiger partial charge in [-0.05, 0) is 30.9 Å². The van der Waals surface area contributed by atoms with Crippen LogP contribution < -0.4 is 5.73 Å². The third-order valence-electron chi connectivity index (χ3n) is 3.79. The lowest BCUT2D eigenvalue weighted by atomic mass is 10.0. The molecule has 1 fully saturated rings. The van der Waals surface area contributed by atoms with Crippen molar-refractivity contribution in [3.8, 4) is 0 Å². The van der Waals surface area contributed by atoms with E-state index in [4.69, 9.17) is 17.3 Å². The molecule has 4 unspecified atom stereocenters. The molecule has 1 aliphatic heterocycles. The fraction of sp³-hybridized carbons (Fsp3) is 0.692. The van der Waals surface area contributed by atoms with Gasteiger partial charge in [0, 0.05) is 24.0 Å². The summed E-state index contributed by atoms with van der Waals surface area (Å²) < 4.78 is 0.853. The van der Waals surface area contributed by atoms with E-state index in [0.29, 0.717) is 6.04 Å². The van der Waals surface area contributed by atoms with Crippen molar-refractivity contribution in [1.82, 2.24) is 4.90 Å². The van der Waals surface area contributed by atoms with Crippen LogP contribution in [0, 0.1) is 11.8 Å². The Morgan fingerprint density at radius 3 is 2.35 bits per heavy atom. The highest BCUT2D eigenvalue weighted by Crippen LogP contribution is 2.36. The van der Waals surface area contributed by atoms with Crippen molar-refractivity contribution in [3.63, 3.8) is 0 Å². The largest absolute Gasteiger partial charge is 0.326 e. The second kappa shape index (κ2) is 5.27. The Morgan fingerprint density at radius 2 is 1.94 bits per heavy atom. The molecule has 0 aliphatic carbocycles. The molecule has 4 heteroatoms. The first-order valence-corrected chi connectivity index (χ1v) is 7.43. The highest BCUT2D eigenvalue weighted by molar-refractivity contribution is 7.16. The topological polar surface area (TPSA) is 29.3 Å². The van der Waals surface area contributed by atoms with Crippen molar-refractivity contribution in [2.24, 2.45) is 17.6 Å². The molecule has 1 aromatic heterocycles. The van der Waals surface area contributed by atoms with Crippen LogP contribution >= 0.6 is 22.9 Å². The van der Waals surface area contributed by atoms with E-state index in [2.05, 4.69) is 31.7 Å². The van der Waals surface area contributed by atoms with Gasteiger partial charge in [-0.25, -0.2) is 0 Å². The number of rotatable bonds is 3. The lowest BCUT2D eigenvalue weighted by molar-refractivity contribution is 0.213. The van der Waals surface area contributed by atoms with Gasteiger partial charge >= 0.3 is 0 Å². The summed E-state index contributed by atoms with van der Waals surface area (Å²) in [5.41, 5.74) is 6.17. The molecular weight excluding hydrogens is 252 g/mol. The Morgan fingerprint density at radius 1 is 1.35 bits per heavy atom. The van der Waals surface area contributed by atoms with Gasteiger partial charge < -0.3 is 5.73 Å². The number of hydrogen-bond donors (Lipinski definition) is 1. The van der Waals surface area contributed by atoms with Gasteiger partial charge in [0.2, 0.25) is 0 Å². The molecule has 0 spiro atoms. The number of nitrogens with two attached hydrogens (primary N) is 1. The van der Waals surface area contributed by atoms with Crippen LogP contribution in [0.25, 0.3) is 0 Å². The average Bonchev–Trinajstić information content (AvgIpc) is 2.76. The van der Waals surface area contributed by atoms with Gasteiger partial charge in [-0.15, -0.1) is 11.3 Å². The Kier molecular flexibility index (Phi) is 4.14. The van der Waals surface area contributed by atoms with E-state index in [1.165, 1.54) is 4.88 Å². The van der Waals surface area contributed by atoms with Gasteiger partial charge in [0.15, 0.2) is 0 Å². The van der Waals surface area contributed by atoms with Crippen molar-refractivity contribution in [2.45, 2.75) is 32.9 Å². The van der Waals surface area contributed by atoms with E-state index in [1.807, 2.05) is 6.07 Å². The molecular formula is C13H21ClN2S. The van der Waals surface area contributed by atoms with Crippen molar-refractivity contribution in [3.05, 3.63) is 21.3 Å². The van der Waals surface area contributed by atoms with E-state index >= 15 is 0 Å². The van der Waals surface area contributed by atoms with Gasteiger partial charge in [-0.2, -0.15) is 0 Å². The SMILES string of the molecule is CC(N)C(c1ccc(Cl)s1)N1CC(C)C(C)C1. The van der Waals surface area contributed by atoms with Crippen LogP contribution in [-0.4, -0.2) is 24.0 Å². The summed E-state index contributed by atoms with van der Waals surface area (Å²) in [6.45, 7) is 9.02. The lowest BCUT2D eigenvalue weighted by Gasteiger charge is -2.30. The smallest absolute Gasteiger partial charge is 0.0931 e. The lowest BCUT2D eigenvalue weighted by Crippen LogP contribution is -2.38. The number of halogens is 1. The average molecular weight is 273 g/mol. The quantitative estimate of drug-likeness (QED) is 0.914. The molecule has 1 aliphatic rings. The summed E-state index contributed by atoms with van der Waals surface area (Å²) in [4.78, 5) is 3.81. The minimum atomic E-state index is 0.141. The summed E-state index contributed by atoms with van der Waals surface area (Å²) in [5.74, 6) is 1.51. The molecule has 0 bridgehead atoms. The van der Waals surface area contributed by atoms with Crippen molar-refractivity contribution in [1.29, 1.82) is 0 Å². The zero-order valence-corrected chi connectivity index (χ0v) is 12.3. The third-order valence-corrected chi connectivity index (χ3v) is 5.10. The van der Waals surface area contributed by atoms with E-state index in [-0.39, 0.29) is 6.04 Å². The molecule has 1 saturated heterocycles. The number of likely N-dealkylation sites (tertiary alicyclic amines) is 1. The van der Waals surface area contributed by atoms with Gasteiger partial charge in [0.25, 0.3) is 0 Å². The second-order valence-electron chi connectivity index (χ2n) is 5.35. The molecule has 1 aromatic rings. The first kappa shape index (κ1) is 13.3. The minimum Gasteiger partial charge on any atom is -0.326 e. The molecule has 0 aromatic carbocycles. The van der Waals surface area contributed by atoms with Gasteiger partial charge in [0.1, 0.15) is 0 Å². The van der Waals surface area contributed by atoms with Crippen LogP contribution in [0.5, 0.6) is 0 Å². The maximum Gasteiger partial charge on any atom is 0.0931 e. The monoisotopic (exact) mass is 272 g/mol.